The first kappa shape index (κ1) is 13.1. The number of ether oxygens (including phenoxy) is 1. The molecule has 1 atom stereocenters. The molecule has 0 aromatic carbocycles. The summed E-state index contributed by atoms with van der Waals surface area (Å²) < 4.78 is 33.4. The van der Waals surface area contributed by atoms with Crippen LogP contribution < -0.4 is 0 Å². The summed E-state index contributed by atoms with van der Waals surface area (Å²) in [5.74, 6) is -3.48. The van der Waals surface area contributed by atoms with Crippen molar-refractivity contribution in [2.45, 2.75) is 20.3 Å². The maximum absolute atomic E-state index is 11.0. The van der Waals surface area contributed by atoms with E-state index < -0.39 is 33.7 Å². The van der Waals surface area contributed by atoms with Gasteiger partial charge in [0.25, 0.3) is 10.1 Å². The average Bonchev–Trinajstić information content (AvgIpc) is 2.00. The van der Waals surface area contributed by atoms with Crippen molar-refractivity contribution in [3.63, 3.8) is 0 Å². The fourth-order valence-corrected chi connectivity index (χ4v) is 1.44. The van der Waals surface area contributed by atoms with E-state index in [1.54, 1.807) is 0 Å². The minimum Gasteiger partial charge on any atom is -0.393 e. The van der Waals surface area contributed by atoms with Gasteiger partial charge in [0, 0.05) is 6.42 Å². The van der Waals surface area contributed by atoms with E-state index >= 15 is 0 Å². The molecular weight excluding hydrogens is 212 g/mol. The van der Waals surface area contributed by atoms with E-state index in [0.29, 0.717) is 0 Å². The number of hydrogen-bond acceptors (Lipinski definition) is 5. The Morgan fingerprint density at radius 3 is 2.29 bits per heavy atom. The summed E-state index contributed by atoms with van der Waals surface area (Å²) in [5.41, 5.74) is 0. The predicted octanol–water partition coefficient (Wildman–Crippen LogP) is -0.00990. The van der Waals surface area contributed by atoms with E-state index in [9.17, 15) is 18.0 Å². The van der Waals surface area contributed by atoms with Crippen LogP contribution in [0.4, 0.5) is 0 Å². The van der Waals surface area contributed by atoms with Crippen molar-refractivity contribution in [3.8, 4) is 0 Å². The fraction of sp³-hybridized carbons (Fsp3) is 0.714. The van der Waals surface area contributed by atoms with Crippen LogP contribution in [-0.2, 0) is 24.4 Å². The predicted molar refractivity (Wildman–Crippen MR) is 47.0 cm³/mol. The smallest absolute Gasteiger partial charge is 0.317 e. The first-order valence-electron chi connectivity index (χ1n) is 3.96. The average molecular weight is 224 g/mol. The standard InChI is InChI=1S/C7H12O6S/c1-3-6(8)13-7(9)5(2)4-14(10,11)12/h5H,3-4H2,1-2H3,(H,10,11,12). The molecule has 0 saturated heterocycles. The second-order valence-electron chi connectivity index (χ2n) is 2.80. The summed E-state index contributed by atoms with van der Waals surface area (Å²) in [6.07, 6.45) is 0.0321. The molecule has 0 spiro atoms. The number of esters is 2. The van der Waals surface area contributed by atoms with Crippen LogP contribution in [0.3, 0.4) is 0 Å². The third-order valence-corrected chi connectivity index (χ3v) is 2.29. The van der Waals surface area contributed by atoms with Crippen molar-refractivity contribution in [1.82, 2.24) is 0 Å². The van der Waals surface area contributed by atoms with E-state index in [2.05, 4.69) is 4.74 Å². The molecule has 0 bridgehead atoms. The van der Waals surface area contributed by atoms with Crippen molar-refractivity contribution >= 4 is 22.1 Å². The molecule has 0 radical (unpaired) electrons. The van der Waals surface area contributed by atoms with Gasteiger partial charge in [0.15, 0.2) is 0 Å². The van der Waals surface area contributed by atoms with Crippen LogP contribution in [0, 0.1) is 5.92 Å². The third kappa shape index (κ3) is 5.65. The van der Waals surface area contributed by atoms with E-state index in [4.69, 9.17) is 4.55 Å². The highest BCUT2D eigenvalue weighted by Gasteiger charge is 2.22. The SMILES string of the molecule is CCC(=O)OC(=O)C(C)CS(=O)(=O)O. The molecule has 0 aliphatic heterocycles. The summed E-state index contributed by atoms with van der Waals surface area (Å²) in [6, 6.07) is 0. The summed E-state index contributed by atoms with van der Waals surface area (Å²) in [6.45, 7) is 2.75. The molecule has 0 aliphatic rings. The highest BCUT2D eigenvalue weighted by molar-refractivity contribution is 7.85. The van der Waals surface area contributed by atoms with Crippen molar-refractivity contribution in [2.75, 3.05) is 5.75 Å². The van der Waals surface area contributed by atoms with Crippen molar-refractivity contribution in [3.05, 3.63) is 0 Å². The van der Waals surface area contributed by atoms with E-state index in [-0.39, 0.29) is 6.42 Å². The molecule has 0 heterocycles. The van der Waals surface area contributed by atoms with Gasteiger partial charge in [-0.15, -0.1) is 0 Å². The second-order valence-corrected chi connectivity index (χ2v) is 4.29. The number of carbonyl (C=O) groups is 2. The van der Waals surface area contributed by atoms with Gasteiger partial charge in [0.1, 0.15) is 0 Å². The van der Waals surface area contributed by atoms with Crippen molar-refractivity contribution in [1.29, 1.82) is 0 Å². The third-order valence-electron chi connectivity index (χ3n) is 1.37. The minimum atomic E-state index is -4.22. The lowest BCUT2D eigenvalue weighted by atomic mass is 10.2. The van der Waals surface area contributed by atoms with E-state index in [0.717, 1.165) is 0 Å². The summed E-state index contributed by atoms with van der Waals surface area (Å²) in [5, 5.41) is 0. The maximum Gasteiger partial charge on any atom is 0.317 e. The number of hydrogen-bond donors (Lipinski definition) is 1. The Hall–Kier alpha value is -0.950. The van der Waals surface area contributed by atoms with Gasteiger partial charge in [-0.2, -0.15) is 8.42 Å². The Morgan fingerprint density at radius 2 is 1.93 bits per heavy atom. The zero-order valence-corrected chi connectivity index (χ0v) is 8.70. The van der Waals surface area contributed by atoms with Crippen LogP contribution in [-0.4, -0.2) is 30.7 Å². The lowest BCUT2D eigenvalue weighted by Gasteiger charge is -2.07. The Bertz CT molecular complexity index is 317. The van der Waals surface area contributed by atoms with E-state index in [1.807, 2.05) is 0 Å². The molecule has 14 heavy (non-hydrogen) atoms. The highest BCUT2D eigenvalue weighted by atomic mass is 32.2. The Labute approximate surface area is 82.0 Å². The fourth-order valence-electron chi connectivity index (χ4n) is 0.669. The molecule has 1 N–H and O–H groups in total. The first-order valence-corrected chi connectivity index (χ1v) is 5.57. The van der Waals surface area contributed by atoms with Crippen LogP contribution >= 0.6 is 0 Å². The monoisotopic (exact) mass is 224 g/mol. The van der Waals surface area contributed by atoms with Crippen LogP contribution in [0.25, 0.3) is 0 Å². The molecule has 0 aromatic rings. The highest BCUT2D eigenvalue weighted by Crippen LogP contribution is 2.03. The largest absolute Gasteiger partial charge is 0.393 e. The quantitative estimate of drug-likeness (QED) is 0.409. The lowest BCUT2D eigenvalue weighted by Crippen LogP contribution is -2.25. The van der Waals surface area contributed by atoms with Crippen LogP contribution in [0.5, 0.6) is 0 Å². The van der Waals surface area contributed by atoms with Gasteiger partial charge < -0.3 is 4.74 Å². The Morgan fingerprint density at radius 1 is 1.43 bits per heavy atom. The normalized spacial score (nSPS) is 13.4. The van der Waals surface area contributed by atoms with Crippen molar-refractivity contribution < 1.29 is 27.3 Å². The molecule has 0 aromatic heterocycles. The topological polar surface area (TPSA) is 97.7 Å². The first-order chi connectivity index (χ1) is 6.26. The van der Waals surface area contributed by atoms with Gasteiger partial charge in [-0.05, 0) is 0 Å². The molecule has 0 saturated carbocycles. The molecule has 0 fully saturated rings. The summed E-state index contributed by atoms with van der Waals surface area (Å²) in [7, 11) is -4.22. The second kappa shape index (κ2) is 5.06. The molecular formula is C7H12O6S. The molecule has 82 valence electrons. The molecule has 6 nitrogen and oxygen atoms in total. The Balaban J connectivity index is 4.21. The van der Waals surface area contributed by atoms with E-state index in [1.165, 1.54) is 13.8 Å². The van der Waals surface area contributed by atoms with Crippen LogP contribution in [0.2, 0.25) is 0 Å². The van der Waals surface area contributed by atoms with Crippen LogP contribution in [0.1, 0.15) is 20.3 Å². The Kier molecular flexibility index (Phi) is 4.72. The summed E-state index contributed by atoms with van der Waals surface area (Å²) in [4.78, 5) is 21.6. The molecule has 0 rings (SSSR count). The maximum atomic E-state index is 11.0. The molecule has 1 unspecified atom stereocenters. The zero-order chi connectivity index (χ0) is 11.4. The molecule has 7 heteroatoms. The van der Waals surface area contributed by atoms with Gasteiger partial charge >= 0.3 is 11.9 Å². The summed E-state index contributed by atoms with van der Waals surface area (Å²) >= 11 is 0. The van der Waals surface area contributed by atoms with Gasteiger partial charge in [0.05, 0.1) is 11.7 Å². The van der Waals surface area contributed by atoms with Gasteiger partial charge in [-0.25, -0.2) is 0 Å². The number of carbonyl (C=O) groups excluding carboxylic acids is 2. The van der Waals surface area contributed by atoms with Gasteiger partial charge in [-0.1, -0.05) is 13.8 Å². The molecule has 0 aliphatic carbocycles. The van der Waals surface area contributed by atoms with Gasteiger partial charge in [-0.3, -0.25) is 14.1 Å². The van der Waals surface area contributed by atoms with Gasteiger partial charge in [0.2, 0.25) is 0 Å². The lowest BCUT2D eigenvalue weighted by molar-refractivity contribution is -0.161. The zero-order valence-electron chi connectivity index (χ0n) is 7.89. The molecule has 0 amide bonds. The number of rotatable bonds is 4. The van der Waals surface area contributed by atoms with Crippen LogP contribution in [0.15, 0.2) is 0 Å². The minimum absolute atomic E-state index is 0.0321. The van der Waals surface area contributed by atoms with Crippen molar-refractivity contribution in [2.24, 2.45) is 5.92 Å².